The molecule has 0 saturated heterocycles. The van der Waals surface area contributed by atoms with Crippen molar-refractivity contribution >= 4 is 65.5 Å². The van der Waals surface area contributed by atoms with Gasteiger partial charge in [-0.1, -0.05) is 0 Å². The second-order valence-corrected chi connectivity index (χ2v) is 36.9. The van der Waals surface area contributed by atoms with Gasteiger partial charge in [0.1, 0.15) is 0 Å². The summed E-state index contributed by atoms with van der Waals surface area (Å²) in [7, 11) is 0. The van der Waals surface area contributed by atoms with Crippen molar-refractivity contribution in [3.8, 4) is 0 Å². The Labute approximate surface area is 142 Å². The van der Waals surface area contributed by atoms with Crippen molar-refractivity contribution in [2.24, 2.45) is 0 Å². The molecule has 3 aromatic carbocycles. The summed E-state index contributed by atoms with van der Waals surface area (Å²) in [6.07, 6.45) is 0. The van der Waals surface area contributed by atoms with Crippen LogP contribution in [0.5, 0.6) is 0 Å². The zero-order valence-corrected chi connectivity index (χ0v) is 20.3. The predicted octanol–water partition coefficient (Wildman–Crippen LogP) is 5.08. The molecule has 114 valence electrons. The van der Waals surface area contributed by atoms with Gasteiger partial charge in [0.2, 0.25) is 0 Å². The van der Waals surface area contributed by atoms with Crippen LogP contribution in [0, 0.1) is 0 Å². The van der Waals surface area contributed by atoms with Crippen molar-refractivity contribution in [1.82, 2.24) is 0 Å². The Morgan fingerprint density at radius 1 is 0.455 bits per heavy atom. The van der Waals surface area contributed by atoms with Crippen LogP contribution in [0.4, 0.5) is 0 Å². The van der Waals surface area contributed by atoms with Crippen LogP contribution in [0.3, 0.4) is 0 Å². The molecule has 0 nitrogen and oxygen atoms in total. The Balaban J connectivity index is 2.67. The van der Waals surface area contributed by atoms with E-state index in [-0.39, 0.29) is 0 Å². The van der Waals surface area contributed by atoms with E-state index in [1.54, 1.807) is 28.7 Å². The Morgan fingerprint density at radius 3 is 0.864 bits per heavy atom. The fraction of sp³-hybridized carbons (Fsp3) is 0.300. The monoisotopic (exact) mass is 506 g/mol. The van der Waals surface area contributed by atoms with E-state index in [9.17, 15) is 0 Å². The van der Waals surface area contributed by atoms with Crippen molar-refractivity contribution < 1.29 is 0 Å². The fourth-order valence-corrected chi connectivity index (χ4v) is 15.5. The molecule has 0 aromatic heterocycles. The first-order chi connectivity index (χ1) is 10.2. The quantitative estimate of drug-likeness (QED) is 0.338. The molecule has 3 rings (SSSR count). The average Bonchev–Trinajstić information content (AvgIpc) is 2.41. The van der Waals surface area contributed by atoms with Gasteiger partial charge < -0.3 is 0 Å². The molecule has 0 bridgehead atoms. The zero-order valence-electron chi connectivity index (χ0n) is 14.6. The Hall–Kier alpha value is -0.223. The molecule has 0 aliphatic carbocycles. The van der Waals surface area contributed by atoms with Crippen LogP contribution in [-0.2, 0) is 0 Å². The molecule has 0 atom stereocenters. The van der Waals surface area contributed by atoms with E-state index in [1.807, 2.05) is 0 Å². The van der Waals surface area contributed by atoms with Gasteiger partial charge in [-0.2, -0.15) is 0 Å². The number of hydrogen-bond acceptors (Lipinski definition) is 0. The summed E-state index contributed by atoms with van der Waals surface area (Å²) in [5.74, 6) is 0. The van der Waals surface area contributed by atoms with Crippen molar-refractivity contribution in [3.63, 3.8) is 0 Å². The van der Waals surface area contributed by atoms with Crippen molar-refractivity contribution in [3.05, 3.63) is 48.5 Å². The summed E-state index contributed by atoms with van der Waals surface area (Å²) in [5, 5.41) is 6.19. The maximum atomic E-state index is 2.54. The molecule has 0 N–H and O–H groups in total. The van der Waals surface area contributed by atoms with Gasteiger partial charge in [-0.3, -0.25) is 0 Å². The molecule has 22 heavy (non-hydrogen) atoms. The Bertz CT molecular complexity index is 720. The third kappa shape index (κ3) is 2.81. The third-order valence-electron chi connectivity index (χ3n) is 4.43. The fourth-order valence-electron chi connectivity index (χ4n) is 3.74. The van der Waals surface area contributed by atoms with Crippen molar-refractivity contribution in [2.45, 2.75) is 29.6 Å². The second kappa shape index (κ2) is 5.69. The number of benzene rings is 3. The van der Waals surface area contributed by atoms with Crippen LogP contribution in [0.2, 0.25) is 29.6 Å². The van der Waals surface area contributed by atoms with Crippen LogP contribution in [0.15, 0.2) is 48.5 Å². The summed E-state index contributed by atoms with van der Waals surface area (Å²) < 4.78 is 3.42. The minimum atomic E-state index is -2.22. The Morgan fingerprint density at radius 2 is 0.682 bits per heavy atom. The van der Waals surface area contributed by atoms with Crippen LogP contribution < -0.4 is 7.16 Å². The van der Waals surface area contributed by atoms with Crippen molar-refractivity contribution in [1.29, 1.82) is 0 Å². The van der Waals surface area contributed by atoms with Gasteiger partial charge in [-0.15, -0.1) is 0 Å². The molecule has 0 amide bonds. The van der Waals surface area contributed by atoms with E-state index in [0.717, 1.165) is 0 Å². The first-order valence-corrected chi connectivity index (χ1v) is 28.1. The maximum absolute atomic E-state index is 2.54. The van der Waals surface area contributed by atoms with Gasteiger partial charge in [0.05, 0.1) is 0 Å². The molecule has 2 heteroatoms. The number of rotatable bonds is 2. The SMILES string of the molecule is [CH3][Sn]([CH3])([CH3])[c]1c2ccccc2[c]([Sn]([CH3])([CH3])[CH3])c2ccccc12. The summed E-state index contributed by atoms with van der Waals surface area (Å²) in [6, 6.07) is 18.4. The van der Waals surface area contributed by atoms with E-state index in [1.165, 1.54) is 0 Å². The topological polar surface area (TPSA) is 0 Å². The molecule has 0 spiro atoms. The van der Waals surface area contributed by atoms with Crippen LogP contribution in [0.25, 0.3) is 21.5 Å². The molecule has 0 aliphatic rings. The minimum absolute atomic E-state index is 1.55. The number of hydrogen-bond donors (Lipinski definition) is 0. The molecular formula is C20H26Sn2. The van der Waals surface area contributed by atoms with Crippen LogP contribution in [0.1, 0.15) is 0 Å². The standard InChI is InChI=1S/C14H8.6CH3.2Sn/c1-2-6-12-10-14-8-4-3-7-13(14)9-11(12)5-1;;;;;;;;/h1-8H;6*1H3;;. The van der Waals surface area contributed by atoms with Gasteiger partial charge >= 0.3 is 144 Å². The summed E-state index contributed by atoms with van der Waals surface area (Å²) in [5.41, 5.74) is 0. The molecule has 0 saturated carbocycles. The zero-order chi connectivity index (χ0) is 16.1. The van der Waals surface area contributed by atoms with E-state index in [4.69, 9.17) is 0 Å². The van der Waals surface area contributed by atoms with E-state index in [0.29, 0.717) is 0 Å². The molecule has 0 aliphatic heterocycles. The molecular weight excluding hydrogens is 478 g/mol. The average molecular weight is 504 g/mol. The molecule has 3 aromatic rings. The van der Waals surface area contributed by atoms with E-state index < -0.39 is 36.8 Å². The van der Waals surface area contributed by atoms with Crippen molar-refractivity contribution in [2.75, 3.05) is 0 Å². The molecule has 0 fully saturated rings. The predicted molar refractivity (Wildman–Crippen MR) is 107 cm³/mol. The Kier molecular flexibility index (Phi) is 4.30. The number of fused-ring (bicyclic) bond motifs is 2. The van der Waals surface area contributed by atoms with Gasteiger partial charge in [-0.25, -0.2) is 0 Å². The third-order valence-corrected chi connectivity index (χ3v) is 16.1. The van der Waals surface area contributed by atoms with Gasteiger partial charge in [0.15, 0.2) is 0 Å². The second-order valence-electron chi connectivity index (χ2n) is 8.34. The molecule has 0 radical (unpaired) electrons. The summed E-state index contributed by atoms with van der Waals surface area (Å²) in [6.45, 7) is 0. The summed E-state index contributed by atoms with van der Waals surface area (Å²) in [4.78, 5) is 15.3. The first-order valence-electron chi connectivity index (χ1n) is 8.15. The normalized spacial score (nSPS) is 13.0. The molecule has 0 heterocycles. The summed E-state index contributed by atoms with van der Waals surface area (Å²) >= 11 is -4.44. The van der Waals surface area contributed by atoms with Crippen LogP contribution in [-0.4, -0.2) is 36.8 Å². The van der Waals surface area contributed by atoms with E-state index in [2.05, 4.69) is 78.2 Å². The first kappa shape index (κ1) is 16.6. The van der Waals surface area contributed by atoms with E-state index >= 15 is 0 Å². The van der Waals surface area contributed by atoms with Crippen LogP contribution >= 0.6 is 0 Å². The molecule has 0 unspecified atom stereocenters. The van der Waals surface area contributed by atoms with Gasteiger partial charge in [0, 0.05) is 0 Å². The van der Waals surface area contributed by atoms with Gasteiger partial charge in [0.25, 0.3) is 0 Å². The van der Waals surface area contributed by atoms with Gasteiger partial charge in [-0.05, 0) is 0 Å².